The predicted molar refractivity (Wildman–Crippen MR) is 350 cm³/mol. The van der Waals surface area contributed by atoms with Crippen LogP contribution >= 0.6 is 0 Å². The van der Waals surface area contributed by atoms with Crippen molar-refractivity contribution in [3.63, 3.8) is 0 Å². The lowest BCUT2D eigenvalue weighted by molar-refractivity contribution is -0.142. The minimum Gasteiger partial charge on any atom is -0.480 e. The number of primary amides is 2. The lowest BCUT2D eigenvalue weighted by Gasteiger charge is -2.28. The number of unbranched alkanes of at least 4 members (excludes halogenated alkanes) is 7. The Morgan fingerprint density at radius 3 is 0.688 bits per heavy atom. The summed E-state index contributed by atoms with van der Waals surface area (Å²) in [5, 5.41) is 33.4. The number of guanidine groups is 1. The molecule has 34 N–H and O–H groups in total. The number of hydrogen-bond donors (Lipinski definition) is 22. The highest BCUT2D eigenvalue weighted by atomic mass is 16.4. The lowest BCUT2D eigenvalue weighted by atomic mass is 10.0. The number of rotatable bonds is 57. The standard InChI is InChI=1S/C58H114N22O13/c59-28-8-1-17-37(72-48(83)36(66)16-15-35-71-58(69)70)49(84)73-38(18-2-9-29-60)50(85)74-40(20-4-11-31-62)52(87)78-43(24-26-46(67)81)55(90)76-39(19-3-10-30-61)51(86)75-41(21-5-12-32-63)53(88)79-44(25-27-47(68)82)56(91)77-42(22-6-13-33-64)54(89)80-45(57(92)93)23-7-14-34-65/h36-45H,1-35,59-66H2,(H2,67,81)(H2,68,82)(H,72,83)(H,73,84)(H,74,85)(H,75,86)(H,76,90)(H,77,91)(H,78,87)(H,79,88)(H,80,89)(H,92,93)(H4,69,70,71)/t36-,37-,38-,39-,40-,41-,42-,43-,44-,45-/m0/s1. The van der Waals surface area contributed by atoms with Crippen LogP contribution in [0.2, 0.25) is 0 Å². The molecule has 0 aliphatic carbocycles. The van der Waals surface area contributed by atoms with Crippen LogP contribution in [0.15, 0.2) is 4.99 Å². The highest BCUT2D eigenvalue weighted by molar-refractivity contribution is 5.99. The van der Waals surface area contributed by atoms with Crippen molar-refractivity contribution in [2.45, 2.75) is 234 Å². The van der Waals surface area contributed by atoms with Gasteiger partial charge in [0.1, 0.15) is 54.4 Å². The molecule has 0 saturated heterocycles. The van der Waals surface area contributed by atoms with E-state index in [2.05, 4.69) is 52.8 Å². The number of hydrogen-bond acceptors (Lipinski definition) is 21. The zero-order chi connectivity index (χ0) is 70.1. The van der Waals surface area contributed by atoms with Crippen LogP contribution in [0, 0.1) is 0 Å². The maximum atomic E-state index is 14.5. The molecule has 0 spiro atoms. The third-order valence-electron chi connectivity index (χ3n) is 15.0. The Bertz CT molecular complexity index is 2300. The van der Waals surface area contributed by atoms with Gasteiger partial charge in [-0.05, 0) is 206 Å². The molecule has 0 unspecified atom stereocenters. The van der Waals surface area contributed by atoms with Crippen LogP contribution in [0.3, 0.4) is 0 Å². The number of amides is 11. The van der Waals surface area contributed by atoms with Gasteiger partial charge in [0, 0.05) is 19.4 Å². The van der Waals surface area contributed by atoms with Crippen LogP contribution in [0.5, 0.6) is 0 Å². The van der Waals surface area contributed by atoms with Crippen molar-refractivity contribution in [1.29, 1.82) is 0 Å². The van der Waals surface area contributed by atoms with Crippen molar-refractivity contribution in [3.8, 4) is 0 Å². The molecule has 0 fully saturated rings. The first-order chi connectivity index (χ1) is 44.3. The normalized spacial score (nSPS) is 14.3. The van der Waals surface area contributed by atoms with E-state index in [1.165, 1.54) is 0 Å². The Kier molecular flexibility index (Phi) is 47.9. The Balaban J connectivity index is 7.15. The van der Waals surface area contributed by atoms with Crippen LogP contribution in [-0.4, -0.2) is 195 Å². The molecular weight excluding hydrogens is 1210 g/mol. The Morgan fingerprint density at radius 2 is 0.484 bits per heavy atom. The van der Waals surface area contributed by atoms with Crippen molar-refractivity contribution < 1.29 is 62.6 Å². The summed E-state index contributed by atoms with van der Waals surface area (Å²) in [6.07, 6.45) is 4.27. The number of aliphatic carboxylic acids is 1. The molecule has 11 amide bonds. The number of nitrogens with two attached hydrogens (primary N) is 12. The third-order valence-corrected chi connectivity index (χ3v) is 15.0. The molecule has 0 aliphatic heterocycles. The fourth-order valence-electron chi connectivity index (χ4n) is 9.54. The predicted octanol–water partition coefficient (Wildman–Crippen LogP) is -6.75. The van der Waals surface area contributed by atoms with E-state index in [-0.39, 0.29) is 122 Å². The second kappa shape index (κ2) is 52.0. The quantitative estimate of drug-likeness (QED) is 0.0153. The Hall–Kier alpha value is -7.41. The second-order valence-electron chi connectivity index (χ2n) is 22.9. The van der Waals surface area contributed by atoms with Crippen molar-refractivity contribution in [1.82, 2.24) is 47.9 Å². The second-order valence-corrected chi connectivity index (χ2v) is 22.9. The van der Waals surface area contributed by atoms with Gasteiger partial charge in [-0.1, -0.05) is 0 Å². The lowest BCUT2D eigenvalue weighted by Crippen LogP contribution is -2.60. The maximum Gasteiger partial charge on any atom is 0.326 e. The van der Waals surface area contributed by atoms with Crippen LogP contribution in [0.1, 0.15) is 173 Å². The monoisotopic (exact) mass is 1330 g/mol. The van der Waals surface area contributed by atoms with E-state index >= 15 is 0 Å². The molecule has 10 atom stereocenters. The zero-order valence-electron chi connectivity index (χ0n) is 54.2. The van der Waals surface area contributed by atoms with Crippen molar-refractivity contribution >= 4 is 76.9 Å². The number of carbonyl (C=O) groups excluding carboxylic acids is 11. The topological polar surface area (TPSA) is 658 Å². The summed E-state index contributed by atoms with van der Waals surface area (Å²) in [4.78, 5) is 168. The van der Waals surface area contributed by atoms with E-state index in [0.717, 1.165) is 0 Å². The summed E-state index contributed by atoms with van der Waals surface area (Å²) in [5.41, 5.74) is 68.1. The van der Waals surface area contributed by atoms with Crippen LogP contribution in [-0.2, 0) is 57.5 Å². The van der Waals surface area contributed by atoms with Crippen molar-refractivity contribution in [3.05, 3.63) is 0 Å². The van der Waals surface area contributed by atoms with E-state index in [1.54, 1.807) is 0 Å². The number of carboxylic acids is 1. The van der Waals surface area contributed by atoms with E-state index < -0.39 is 151 Å². The minimum absolute atomic E-state index is 0.0105. The first-order valence-corrected chi connectivity index (χ1v) is 32.6. The van der Waals surface area contributed by atoms with Gasteiger partial charge >= 0.3 is 5.97 Å². The summed E-state index contributed by atoms with van der Waals surface area (Å²) >= 11 is 0. The Morgan fingerprint density at radius 1 is 0.280 bits per heavy atom. The van der Waals surface area contributed by atoms with Crippen molar-refractivity contribution in [2.24, 2.45) is 73.8 Å². The number of carbonyl (C=O) groups is 12. The van der Waals surface area contributed by atoms with Gasteiger partial charge in [-0.3, -0.25) is 57.7 Å². The van der Waals surface area contributed by atoms with Crippen LogP contribution < -0.4 is 117 Å². The van der Waals surface area contributed by atoms with E-state index in [4.69, 9.17) is 68.8 Å². The highest BCUT2D eigenvalue weighted by Crippen LogP contribution is 2.14. The number of nitrogens with zero attached hydrogens (tertiary/aromatic N) is 1. The summed E-state index contributed by atoms with van der Waals surface area (Å²) in [6.45, 7) is 1.88. The molecular formula is C58H114N22O13. The minimum atomic E-state index is -1.58. The maximum absolute atomic E-state index is 14.5. The van der Waals surface area contributed by atoms with Crippen molar-refractivity contribution in [2.75, 3.05) is 52.4 Å². The average molecular weight is 1330 g/mol. The number of aliphatic imine (C=N–C) groups is 1. The first kappa shape index (κ1) is 85.6. The zero-order valence-corrected chi connectivity index (χ0v) is 54.2. The molecule has 0 aromatic heterocycles. The fraction of sp³-hybridized carbons (Fsp3) is 0.776. The van der Waals surface area contributed by atoms with E-state index in [0.29, 0.717) is 90.1 Å². The summed E-state index contributed by atoms with van der Waals surface area (Å²) < 4.78 is 0. The molecule has 0 heterocycles. The molecule has 0 rings (SSSR count). The molecule has 0 saturated carbocycles. The summed E-state index contributed by atoms with van der Waals surface area (Å²) in [6, 6.07) is -13.5. The largest absolute Gasteiger partial charge is 0.480 e. The first-order valence-electron chi connectivity index (χ1n) is 32.6. The summed E-state index contributed by atoms with van der Waals surface area (Å²) in [7, 11) is 0. The van der Waals surface area contributed by atoms with Gasteiger partial charge in [0.2, 0.25) is 65.0 Å². The average Bonchev–Trinajstić information content (AvgIpc) is 1.05. The summed E-state index contributed by atoms with van der Waals surface area (Å²) in [5.74, 6) is -10.8. The highest BCUT2D eigenvalue weighted by Gasteiger charge is 2.36. The van der Waals surface area contributed by atoms with E-state index in [9.17, 15) is 62.6 Å². The number of carboxylic acid groups (broad SMARTS) is 1. The van der Waals surface area contributed by atoms with Crippen LogP contribution in [0.4, 0.5) is 0 Å². The molecule has 0 aromatic carbocycles. The third kappa shape index (κ3) is 39.7. The van der Waals surface area contributed by atoms with Gasteiger partial charge in [0.05, 0.1) is 6.04 Å². The fourth-order valence-corrected chi connectivity index (χ4v) is 9.54. The number of nitrogens with one attached hydrogen (secondary N) is 9. The molecule has 0 radical (unpaired) electrons. The molecule has 35 nitrogen and oxygen atoms in total. The smallest absolute Gasteiger partial charge is 0.326 e. The van der Waals surface area contributed by atoms with Gasteiger partial charge in [-0.25, -0.2) is 4.79 Å². The SMILES string of the molecule is NCCCC[C@H](NC(=O)[C@H](CCCCN)NC(=O)[C@H](CCC(N)=O)NC(=O)[C@H](CCCCN)NC(=O)[C@H](CCCCN)NC(=O)[C@H](CCC(N)=O)NC(=O)[C@H](CCCCN)NC(=O)[C@H](CCCCN)NC(=O)[C@H](CCCCN)NC(=O)[C@@H](N)CCCN=C(N)N)C(=O)O. The molecule has 93 heavy (non-hydrogen) atoms. The molecule has 0 aliphatic rings. The molecule has 534 valence electrons. The molecule has 35 heteroatoms. The van der Waals surface area contributed by atoms with E-state index in [1.807, 2.05) is 0 Å². The van der Waals surface area contributed by atoms with Crippen LogP contribution in [0.25, 0.3) is 0 Å². The van der Waals surface area contributed by atoms with Gasteiger partial charge < -0.3 is 122 Å². The van der Waals surface area contributed by atoms with Gasteiger partial charge in [-0.15, -0.1) is 0 Å². The Labute approximate surface area is 545 Å². The van der Waals surface area contributed by atoms with Gasteiger partial charge in [0.25, 0.3) is 0 Å². The molecule has 0 aromatic rings. The van der Waals surface area contributed by atoms with Gasteiger partial charge in [0.15, 0.2) is 5.96 Å². The molecule has 0 bridgehead atoms. The van der Waals surface area contributed by atoms with Gasteiger partial charge in [-0.2, -0.15) is 0 Å².